The molecule has 0 aliphatic carbocycles. The van der Waals surface area contributed by atoms with E-state index in [1.807, 2.05) is 18.7 Å². The molecule has 1 saturated heterocycles. The molecule has 0 aromatic heterocycles. The van der Waals surface area contributed by atoms with Gasteiger partial charge >= 0.3 is 0 Å². The maximum Gasteiger partial charge on any atom is 0.236 e. The number of hydrogen-bond donors (Lipinski definition) is 1. The molecular weight excluding hydrogens is 328 g/mol. The van der Waals surface area contributed by atoms with E-state index >= 15 is 0 Å². The fourth-order valence-electron chi connectivity index (χ4n) is 4.19. The topological polar surface area (TPSA) is 53.0 Å². The second-order valence-electron chi connectivity index (χ2n) is 7.82. The zero-order chi connectivity index (χ0) is 18.9. The van der Waals surface area contributed by atoms with Crippen LogP contribution in [-0.4, -0.2) is 59.1 Å². The molecule has 2 aliphatic heterocycles. The third kappa shape index (κ3) is 3.74. The van der Waals surface area contributed by atoms with Crippen LogP contribution in [0.2, 0.25) is 0 Å². The molecule has 0 saturated carbocycles. The van der Waals surface area contributed by atoms with Crippen molar-refractivity contribution in [2.75, 3.05) is 32.7 Å². The number of aliphatic hydroxyl groups excluding tert-OH is 1. The Bertz CT molecular complexity index is 661. The number of carbonyl (C=O) groups is 1. The largest absolute Gasteiger partial charge is 0.487 e. The molecule has 1 spiro atoms. The highest BCUT2D eigenvalue weighted by atomic mass is 16.5. The maximum atomic E-state index is 12.3. The predicted molar refractivity (Wildman–Crippen MR) is 102 cm³/mol. The van der Waals surface area contributed by atoms with Crippen LogP contribution in [0.4, 0.5) is 0 Å². The van der Waals surface area contributed by atoms with E-state index in [2.05, 4.69) is 30.9 Å². The van der Waals surface area contributed by atoms with Crippen LogP contribution in [0.3, 0.4) is 0 Å². The van der Waals surface area contributed by atoms with Crippen molar-refractivity contribution < 1.29 is 14.6 Å². The highest BCUT2D eigenvalue weighted by Gasteiger charge is 2.43. The molecule has 144 valence electrons. The first kappa shape index (κ1) is 19.2. The van der Waals surface area contributed by atoms with Crippen LogP contribution < -0.4 is 4.74 Å². The van der Waals surface area contributed by atoms with E-state index in [-0.39, 0.29) is 11.5 Å². The Kier molecular flexibility index (Phi) is 5.58. The summed E-state index contributed by atoms with van der Waals surface area (Å²) in [5, 5.41) is 10.7. The minimum atomic E-state index is -0.470. The van der Waals surface area contributed by atoms with Crippen molar-refractivity contribution in [3.63, 3.8) is 0 Å². The van der Waals surface area contributed by atoms with Crippen molar-refractivity contribution in [3.8, 4) is 5.75 Å². The van der Waals surface area contributed by atoms with E-state index in [0.717, 1.165) is 50.3 Å². The van der Waals surface area contributed by atoms with E-state index in [9.17, 15) is 9.90 Å². The standard InChI is InChI=1S/C21H32N2O3/c1-5-23(6-2)20(25)14-22-9-7-21(8-10-22)13-18(24)17-11-15(3)16(4)12-19(17)26-21/h11-12,18,24H,5-10,13-14H2,1-4H3/t18-/m0/s1. The fraction of sp³-hybridized carbons (Fsp3) is 0.667. The number of rotatable bonds is 4. The first-order valence-corrected chi connectivity index (χ1v) is 9.86. The molecule has 5 heteroatoms. The molecule has 1 aromatic rings. The highest BCUT2D eigenvalue weighted by Crippen LogP contribution is 2.45. The zero-order valence-electron chi connectivity index (χ0n) is 16.5. The summed E-state index contributed by atoms with van der Waals surface area (Å²) in [6.45, 7) is 11.9. The van der Waals surface area contributed by atoms with Gasteiger partial charge in [0.25, 0.3) is 0 Å². The smallest absolute Gasteiger partial charge is 0.236 e. The fourth-order valence-corrected chi connectivity index (χ4v) is 4.19. The number of aliphatic hydroxyl groups is 1. The van der Waals surface area contributed by atoms with Crippen LogP contribution in [0.5, 0.6) is 5.75 Å². The molecule has 26 heavy (non-hydrogen) atoms. The quantitative estimate of drug-likeness (QED) is 0.897. The summed E-state index contributed by atoms with van der Waals surface area (Å²) in [7, 11) is 0. The number of benzene rings is 1. The summed E-state index contributed by atoms with van der Waals surface area (Å²) in [6, 6.07) is 4.12. The average molecular weight is 360 g/mol. The highest BCUT2D eigenvalue weighted by molar-refractivity contribution is 5.78. The van der Waals surface area contributed by atoms with Crippen molar-refractivity contribution in [3.05, 3.63) is 28.8 Å². The van der Waals surface area contributed by atoms with Crippen LogP contribution in [0.1, 0.15) is 55.9 Å². The van der Waals surface area contributed by atoms with Gasteiger partial charge in [0.2, 0.25) is 5.91 Å². The van der Waals surface area contributed by atoms with Crippen molar-refractivity contribution in [2.45, 2.75) is 58.7 Å². The van der Waals surface area contributed by atoms with Gasteiger partial charge in [0.15, 0.2) is 0 Å². The van der Waals surface area contributed by atoms with E-state index in [0.29, 0.717) is 13.0 Å². The molecule has 1 aromatic carbocycles. The monoisotopic (exact) mass is 360 g/mol. The third-order valence-corrected chi connectivity index (χ3v) is 6.12. The van der Waals surface area contributed by atoms with Crippen molar-refractivity contribution in [2.24, 2.45) is 0 Å². The molecule has 0 radical (unpaired) electrons. The van der Waals surface area contributed by atoms with Gasteiger partial charge in [-0.25, -0.2) is 0 Å². The number of hydrogen-bond acceptors (Lipinski definition) is 4. The van der Waals surface area contributed by atoms with Crippen molar-refractivity contribution in [1.82, 2.24) is 9.80 Å². The lowest BCUT2D eigenvalue weighted by atomic mass is 9.81. The first-order chi connectivity index (χ1) is 12.4. The SMILES string of the molecule is CCN(CC)C(=O)CN1CCC2(CC1)C[C@H](O)c1cc(C)c(C)cc1O2. The van der Waals surface area contributed by atoms with Gasteiger partial charge in [-0.15, -0.1) is 0 Å². The molecule has 1 atom stereocenters. The molecular formula is C21H32N2O3. The Morgan fingerprint density at radius 2 is 1.85 bits per heavy atom. The van der Waals surface area contributed by atoms with Crippen LogP contribution in [0.25, 0.3) is 0 Å². The lowest BCUT2D eigenvalue weighted by Gasteiger charge is -2.46. The Hall–Kier alpha value is -1.59. The molecule has 1 fully saturated rings. The van der Waals surface area contributed by atoms with Gasteiger partial charge in [0.05, 0.1) is 12.6 Å². The normalized spacial score (nSPS) is 22.0. The van der Waals surface area contributed by atoms with E-state index in [1.54, 1.807) is 0 Å². The summed E-state index contributed by atoms with van der Waals surface area (Å²) < 4.78 is 6.43. The first-order valence-electron chi connectivity index (χ1n) is 9.86. The molecule has 2 aliphatic rings. The van der Waals surface area contributed by atoms with Crippen LogP contribution in [0.15, 0.2) is 12.1 Å². The number of amides is 1. The van der Waals surface area contributed by atoms with Gasteiger partial charge in [-0.05, 0) is 63.8 Å². The molecule has 0 unspecified atom stereocenters. The Labute approximate surface area is 156 Å². The lowest BCUT2D eigenvalue weighted by Crippen LogP contribution is -2.52. The minimum Gasteiger partial charge on any atom is -0.487 e. The number of piperidine rings is 1. The summed E-state index contributed by atoms with van der Waals surface area (Å²) in [5.74, 6) is 1.03. The van der Waals surface area contributed by atoms with E-state index in [4.69, 9.17) is 4.74 Å². The van der Waals surface area contributed by atoms with Crippen molar-refractivity contribution in [1.29, 1.82) is 0 Å². The molecule has 0 bridgehead atoms. The van der Waals surface area contributed by atoms with Crippen LogP contribution in [-0.2, 0) is 4.79 Å². The van der Waals surface area contributed by atoms with Crippen LogP contribution >= 0.6 is 0 Å². The van der Waals surface area contributed by atoms with Gasteiger partial charge < -0.3 is 14.7 Å². The maximum absolute atomic E-state index is 12.3. The summed E-state index contributed by atoms with van der Waals surface area (Å²) in [4.78, 5) is 16.4. The van der Waals surface area contributed by atoms with Gasteiger partial charge in [-0.1, -0.05) is 0 Å². The predicted octanol–water partition coefficient (Wildman–Crippen LogP) is 2.82. The molecule has 5 nitrogen and oxygen atoms in total. The lowest BCUT2D eigenvalue weighted by molar-refractivity contribution is -0.133. The van der Waals surface area contributed by atoms with E-state index < -0.39 is 6.10 Å². The van der Waals surface area contributed by atoms with Gasteiger partial charge in [-0.2, -0.15) is 0 Å². The second kappa shape index (κ2) is 7.57. The molecule has 1 N–H and O–H groups in total. The average Bonchev–Trinajstić information content (AvgIpc) is 2.60. The number of aryl methyl sites for hydroxylation is 2. The Balaban J connectivity index is 1.65. The Morgan fingerprint density at radius 1 is 1.23 bits per heavy atom. The van der Waals surface area contributed by atoms with Gasteiger partial charge in [0, 0.05) is 38.2 Å². The van der Waals surface area contributed by atoms with Gasteiger partial charge in [0.1, 0.15) is 11.4 Å². The summed E-state index contributed by atoms with van der Waals surface area (Å²) >= 11 is 0. The molecule has 1 amide bonds. The Morgan fingerprint density at radius 3 is 2.46 bits per heavy atom. The number of ether oxygens (including phenoxy) is 1. The van der Waals surface area contributed by atoms with E-state index in [1.165, 1.54) is 11.1 Å². The second-order valence-corrected chi connectivity index (χ2v) is 7.82. The molecule has 3 rings (SSSR count). The van der Waals surface area contributed by atoms with Crippen molar-refractivity contribution >= 4 is 5.91 Å². The zero-order valence-corrected chi connectivity index (χ0v) is 16.5. The number of nitrogens with zero attached hydrogens (tertiary/aromatic N) is 2. The van der Waals surface area contributed by atoms with Crippen LogP contribution in [0, 0.1) is 13.8 Å². The minimum absolute atomic E-state index is 0.201. The molecule has 2 heterocycles. The number of fused-ring (bicyclic) bond motifs is 1. The summed E-state index contributed by atoms with van der Waals surface area (Å²) in [5.41, 5.74) is 2.99. The van der Waals surface area contributed by atoms with Gasteiger partial charge in [-0.3, -0.25) is 9.69 Å². The number of carbonyl (C=O) groups excluding carboxylic acids is 1. The third-order valence-electron chi connectivity index (χ3n) is 6.12. The number of likely N-dealkylation sites (N-methyl/N-ethyl adjacent to an activating group) is 1. The summed E-state index contributed by atoms with van der Waals surface area (Å²) in [6.07, 6.45) is 1.87. The number of likely N-dealkylation sites (tertiary alicyclic amines) is 1.